The molecule has 0 aliphatic heterocycles. The first-order chi connectivity index (χ1) is 22.6. The summed E-state index contributed by atoms with van der Waals surface area (Å²) in [4.78, 5) is 23.0. The molecule has 0 amide bonds. The minimum absolute atomic E-state index is 0.0262. The van der Waals surface area contributed by atoms with Gasteiger partial charge in [-0.3, -0.25) is 9.59 Å². The van der Waals surface area contributed by atoms with Crippen LogP contribution in [0.4, 0.5) is 0 Å². The molecule has 0 fully saturated rings. The second kappa shape index (κ2) is 37.6. The van der Waals surface area contributed by atoms with E-state index in [2.05, 4.69) is 50.3 Å². The van der Waals surface area contributed by atoms with E-state index < -0.39 is 5.97 Å². The van der Waals surface area contributed by atoms with Crippen molar-refractivity contribution >= 4 is 11.9 Å². The molecule has 1 N–H and O–H groups in total. The number of carboxylic acids is 1. The van der Waals surface area contributed by atoms with Gasteiger partial charge in [0.25, 0.3) is 0 Å². The summed E-state index contributed by atoms with van der Waals surface area (Å²) in [6.07, 6.45) is 49.3. The summed E-state index contributed by atoms with van der Waals surface area (Å²) < 4.78 is 5.93. The molecule has 0 spiro atoms. The maximum atomic E-state index is 12.5. The normalized spacial score (nSPS) is 12.6. The number of carbonyl (C=O) groups excluding carboxylic acids is 1. The van der Waals surface area contributed by atoms with Crippen molar-refractivity contribution in [2.75, 3.05) is 0 Å². The Balaban J connectivity index is 3.64. The highest BCUT2D eigenvalue weighted by Gasteiger charge is 2.14. The Morgan fingerprint density at radius 2 is 0.913 bits per heavy atom. The van der Waals surface area contributed by atoms with Crippen LogP contribution in [0, 0.1) is 0 Å². The fraction of sp³-hybridized carbons (Fsp3) is 0.810. The lowest BCUT2D eigenvalue weighted by molar-refractivity contribution is -0.150. The van der Waals surface area contributed by atoms with Gasteiger partial charge in [0.1, 0.15) is 6.10 Å². The van der Waals surface area contributed by atoms with Gasteiger partial charge in [-0.15, -0.1) is 0 Å². The molecule has 0 bridgehead atoms. The SMILES string of the molecule is CC/C=C\C/C=C\C/C=C\CCCCCCCCCC(=O)OC(CCCC)CCCCCCCCCCCCCCCCC(=O)O. The van der Waals surface area contributed by atoms with Crippen molar-refractivity contribution in [2.24, 2.45) is 0 Å². The summed E-state index contributed by atoms with van der Waals surface area (Å²) in [6.45, 7) is 4.38. The van der Waals surface area contributed by atoms with Crippen LogP contribution >= 0.6 is 0 Å². The van der Waals surface area contributed by atoms with E-state index in [4.69, 9.17) is 9.84 Å². The highest BCUT2D eigenvalue weighted by molar-refractivity contribution is 5.69. The Hall–Kier alpha value is -1.84. The van der Waals surface area contributed by atoms with Gasteiger partial charge >= 0.3 is 11.9 Å². The Labute approximate surface area is 286 Å². The summed E-state index contributed by atoms with van der Waals surface area (Å²) in [5.41, 5.74) is 0. The zero-order valence-electron chi connectivity index (χ0n) is 30.6. The van der Waals surface area contributed by atoms with Crippen LogP contribution in [0.25, 0.3) is 0 Å². The van der Waals surface area contributed by atoms with Gasteiger partial charge in [0.15, 0.2) is 0 Å². The van der Waals surface area contributed by atoms with Crippen molar-refractivity contribution < 1.29 is 19.4 Å². The number of carbonyl (C=O) groups is 2. The van der Waals surface area contributed by atoms with Crippen molar-refractivity contribution in [2.45, 2.75) is 219 Å². The first-order valence-electron chi connectivity index (χ1n) is 20.0. The third kappa shape index (κ3) is 36.6. The Morgan fingerprint density at radius 3 is 1.41 bits per heavy atom. The molecule has 4 nitrogen and oxygen atoms in total. The van der Waals surface area contributed by atoms with Crippen molar-refractivity contribution in [1.29, 1.82) is 0 Å². The molecule has 1 unspecified atom stereocenters. The quantitative estimate of drug-likeness (QED) is 0.0419. The molecule has 0 rings (SSSR count). The molecular formula is C42H76O4. The van der Waals surface area contributed by atoms with Gasteiger partial charge in [0.05, 0.1) is 0 Å². The van der Waals surface area contributed by atoms with Crippen LogP contribution in [-0.2, 0) is 14.3 Å². The summed E-state index contributed by atoms with van der Waals surface area (Å²) >= 11 is 0. The Morgan fingerprint density at radius 1 is 0.500 bits per heavy atom. The predicted octanol–water partition coefficient (Wildman–Crippen LogP) is 13.8. The monoisotopic (exact) mass is 645 g/mol. The lowest BCUT2D eigenvalue weighted by Gasteiger charge is -2.18. The molecule has 46 heavy (non-hydrogen) atoms. The van der Waals surface area contributed by atoms with Gasteiger partial charge in [-0.2, -0.15) is 0 Å². The molecule has 0 heterocycles. The number of hydrogen-bond donors (Lipinski definition) is 1. The standard InChI is InChI=1S/C42H76O4/c1-3-5-7-8-9-10-11-12-13-14-15-20-23-26-29-32-35-39-42(45)46-40(36-6-4-2)37-33-30-27-24-21-18-16-17-19-22-25-28-31-34-38-41(43)44/h5,7,9-10,12-13,40H,3-4,6,8,11,14-39H2,1-2H3,(H,43,44)/b7-5-,10-9-,13-12-. The van der Waals surface area contributed by atoms with E-state index in [1.165, 1.54) is 116 Å². The van der Waals surface area contributed by atoms with Crippen molar-refractivity contribution in [3.05, 3.63) is 36.5 Å². The lowest BCUT2D eigenvalue weighted by Crippen LogP contribution is -2.18. The van der Waals surface area contributed by atoms with E-state index in [0.29, 0.717) is 12.8 Å². The third-order valence-corrected chi connectivity index (χ3v) is 8.88. The van der Waals surface area contributed by atoms with E-state index in [0.717, 1.165) is 70.6 Å². The van der Waals surface area contributed by atoms with Crippen LogP contribution in [0.1, 0.15) is 213 Å². The Bertz CT molecular complexity index is 738. The van der Waals surface area contributed by atoms with E-state index in [1.54, 1.807) is 0 Å². The number of carboxylic acid groups (broad SMARTS) is 1. The fourth-order valence-corrected chi connectivity index (χ4v) is 5.95. The zero-order chi connectivity index (χ0) is 33.6. The molecule has 268 valence electrons. The third-order valence-electron chi connectivity index (χ3n) is 8.88. The highest BCUT2D eigenvalue weighted by atomic mass is 16.5. The molecule has 0 aliphatic carbocycles. The molecule has 0 saturated carbocycles. The Kier molecular flexibility index (Phi) is 36.1. The molecule has 0 radical (unpaired) electrons. The second-order valence-corrected chi connectivity index (χ2v) is 13.4. The minimum Gasteiger partial charge on any atom is -0.481 e. The average molecular weight is 645 g/mol. The zero-order valence-corrected chi connectivity index (χ0v) is 30.6. The molecule has 0 aromatic rings. The first-order valence-corrected chi connectivity index (χ1v) is 20.0. The largest absolute Gasteiger partial charge is 0.481 e. The van der Waals surface area contributed by atoms with Crippen LogP contribution in [0.5, 0.6) is 0 Å². The smallest absolute Gasteiger partial charge is 0.306 e. The molecule has 4 heteroatoms. The van der Waals surface area contributed by atoms with Gasteiger partial charge in [0, 0.05) is 12.8 Å². The number of rotatable bonds is 36. The van der Waals surface area contributed by atoms with Crippen LogP contribution in [0.2, 0.25) is 0 Å². The highest BCUT2D eigenvalue weighted by Crippen LogP contribution is 2.18. The van der Waals surface area contributed by atoms with Crippen LogP contribution in [0.15, 0.2) is 36.5 Å². The maximum absolute atomic E-state index is 12.5. The van der Waals surface area contributed by atoms with Crippen molar-refractivity contribution in [3.63, 3.8) is 0 Å². The molecule has 1 atom stereocenters. The number of aliphatic carboxylic acids is 1. The summed E-state index contributed by atoms with van der Waals surface area (Å²) in [6, 6.07) is 0. The molecule has 0 aliphatic rings. The number of esters is 1. The number of allylic oxidation sites excluding steroid dienone is 6. The van der Waals surface area contributed by atoms with Crippen molar-refractivity contribution in [3.8, 4) is 0 Å². The second-order valence-electron chi connectivity index (χ2n) is 13.4. The summed E-state index contributed by atoms with van der Waals surface area (Å²) in [5.74, 6) is -0.641. The summed E-state index contributed by atoms with van der Waals surface area (Å²) in [7, 11) is 0. The first kappa shape index (κ1) is 44.2. The topological polar surface area (TPSA) is 63.6 Å². The minimum atomic E-state index is -0.667. The van der Waals surface area contributed by atoms with Gasteiger partial charge in [-0.25, -0.2) is 0 Å². The van der Waals surface area contributed by atoms with Crippen molar-refractivity contribution in [1.82, 2.24) is 0 Å². The van der Waals surface area contributed by atoms with Crippen LogP contribution in [-0.4, -0.2) is 23.1 Å². The van der Waals surface area contributed by atoms with Gasteiger partial charge in [0.2, 0.25) is 0 Å². The van der Waals surface area contributed by atoms with Gasteiger partial charge < -0.3 is 9.84 Å². The van der Waals surface area contributed by atoms with E-state index >= 15 is 0 Å². The lowest BCUT2D eigenvalue weighted by atomic mass is 10.0. The molecular weight excluding hydrogens is 568 g/mol. The van der Waals surface area contributed by atoms with E-state index in [9.17, 15) is 9.59 Å². The van der Waals surface area contributed by atoms with Gasteiger partial charge in [-0.05, 0) is 64.2 Å². The van der Waals surface area contributed by atoms with E-state index in [1.807, 2.05) is 0 Å². The summed E-state index contributed by atoms with van der Waals surface area (Å²) in [5, 5.41) is 8.67. The fourth-order valence-electron chi connectivity index (χ4n) is 5.95. The molecule has 0 saturated heterocycles. The van der Waals surface area contributed by atoms with E-state index in [-0.39, 0.29) is 12.1 Å². The maximum Gasteiger partial charge on any atom is 0.306 e. The van der Waals surface area contributed by atoms with Crippen LogP contribution in [0.3, 0.4) is 0 Å². The number of hydrogen-bond acceptors (Lipinski definition) is 3. The molecule has 0 aromatic heterocycles. The van der Waals surface area contributed by atoms with Gasteiger partial charge in [-0.1, -0.05) is 172 Å². The number of ether oxygens (including phenoxy) is 1. The predicted molar refractivity (Wildman–Crippen MR) is 199 cm³/mol. The number of unbranched alkanes of at least 4 members (excludes halogenated alkanes) is 21. The molecule has 0 aromatic carbocycles. The average Bonchev–Trinajstić information content (AvgIpc) is 3.04. The van der Waals surface area contributed by atoms with Crippen LogP contribution < -0.4 is 0 Å².